The normalized spacial score (nSPS) is 10.7. The van der Waals surface area contributed by atoms with E-state index < -0.39 is 0 Å². The SMILES string of the molecule is O=C(c1cnn(-c2cccc(Cl)c2)c1)N(CCO)CCCO. The molecule has 2 aromatic rings. The molecule has 0 aliphatic heterocycles. The Morgan fingerprint density at radius 3 is 2.77 bits per heavy atom. The number of benzene rings is 1. The van der Waals surface area contributed by atoms with Gasteiger partial charge >= 0.3 is 0 Å². The van der Waals surface area contributed by atoms with Crippen LogP contribution in [0.15, 0.2) is 36.7 Å². The predicted octanol–water partition coefficient (Wildman–Crippen LogP) is 1.34. The third kappa shape index (κ3) is 4.07. The molecule has 118 valence electrons. The summed E-state index contributed by atoms with van der Waals surface area (Å²) < 4.78 is 1.57. The monoisotopic (exact) mass is 323 g/mol. The molecule has 0 atom stereocenters. The van der Waals surface area contributed by atoms with Gasteiger partial charge in [-0.25, -0.2) is 4.68 Å². The summed E-state index contributed by atoms with van der Waals surface area (Å²) >= 11 is 5.95. The van der Waals surface area contributed by atoms with Gasteiger partial charge in [0.15, 0.2) is 0 Å². The molecule has 2 rings (SSSR count). The van der Waals surface area contributed by atoms with E-state index in [-0.39, 0.29) is 25.7 Å². The van der Waals surface area contributed by atoms with Gasteiger partial charge in [-0.05, 0) is 24.6 Å². The molecule has 0 saturated carbocycles. The molecular formula is C15H18ClN3O3. The summed E-state index contributed by atoms with van der Waals surface area (Å²) in [6.07, 6.45) is 3.57. The lowest BCUT2D eigenvalue weighted by Crippen LogP contribution is -2.34. The van der Waals surface area contributed by atoms with Crippen LogP contribution in [0.25, 0.3) is 5.69 Å². The van der Waals surface area contributed by atoms with Gasteiger partial charge in [0, 0.05) is 30.9 Å². The average molecular weight is 324 g/mol. The van der Waals surface area contributed by atoms with Crippen LogP contribution >= 0.6 is 11.6 Å². The molecule has 0 radical (unpaired) electrons. The molecule has 1 aromatic carbocycles. The number of aliphatic hydroxyl groups is 2. The Labute approximate surface area is 133 Å². The maximum Gasteiger partial charge on any atom is 0.257 e. The summed E-state index contributed by atoms with van der Waals surface area (Å²) in [6.45, 7) is 0.482. The zero-order valence-corrected chi connectivity index (χ0v) is 12.8. The highest BCUT2D eigenvalue weighted by atomic mass is 35.5. The third-order valence-corrected chi connectivity index (χ3v) is 3.38. The number of carbonyl (C=O) groups excluding carboxylic acids is 1. The summed E-state index contributed by atoms with van der Waals surface area (Å²) in [5.41, 5.74) is 1.18. The van der Waals surface area contributed by atoms with E-state index in [2.05, 4.69) is 5.10 Å². The van der Waals surface area contributed by atoms with Gasteiger partial charge in [-0.15, -0.1) is 0 Å². The first-order valence-electron chi connectivity index (χ1n) is 6.97. The smallest absolute Gasteiger partial charge is 0.257 e. The van der Waals surface area contributed by atoms with Crippen molar-refractivity contribution >= 4 is 17.5 Å². The first kappa shape index (κ1) is 16.5. The molecule has 0 aliphatic rings. The highest BCUT2D eigenvalue weighted by molar-refractivity contribution is 6.30. The molecule has 1 aromatic heterocycles. The van der Waals surface area contributed by atoms with Crippen molar-refractivity contribution in [3.8, 4) is 5.69 Å². The van der Waals surface area contributed by atoms with Gasteiger partial charge in [-0.1, -0.05) is 17.7 Å². The van der Waals surface area contributed by atoms with Crippen molar-refractivity contribution in [2.24, 2.45) is 0 Å². The Bertz CT molecular complexity index is 630. The van der Waals surface area contributed by atoms with Crippen LogP contribution in [0.2, 0.25) is 5.02 Å². The minimum Gasteiger partial charge on any atom is -0.396 e. The van der Waals surface area contributed by atoms with Gasteiger partial charge in [-0.2, -0.15) is 5.10 Å². The van der Waals surface area contributed by atoms with Crippen LogP contribution in [0.3, 0.4) is 0 Å². The predicted molar refractivity (Wildman–Crippen MR) is 83.3 cm³/mol. The number of rotatable bonds is 7. The Hall–Kier alpha value is -1.89. The Morgan fingerprint density at radius 1 is 1.27 bits per heavy atom. The fourth-order valence-electron chi connectivity index (χ4n) is 2.07. The number of halogens is 1. The largest absolute Gasteiger partial charge is 0.396 e. The van der Waals surface area contributed by atoms with Crippen LogP contribution < -0.4 is 0 Å². The highest BCUT2D eigenvalue weighted by Crippen LogP contribution is 2.15. The number of hydrogen-bond donors (Lipinski definition) is 2. The molecule has 0 spiro atoms. The minimum atomic E-state index is -0.226. The molecule has 0 saturated heterocycles. The zero-order chi connectivity index (χ0) is 15.9. The molecule has 7 heteroatoms. The van der Waals surface area contributed by atoms with Gasteiger partial charge in [0.25, 0.3) is 5.91 Å². The zero-order valence-electron chi connectivity index (χ0n) is 12.0. The minimum absolute atomic E-state index is 0.00299. The van der Waals surface area contributed by atoms with Gasteiger partial charge < -0.3 is 15.1 Å². The second-order valence-electron chi connectivity index (χ2n) is 4.75. The van der Waals surface area contributed by atoms with E-state index in [1.807, 2.05) is 6.07 Å². The van der Waals surface area contributed by atoms with Crippen LogP contribution in [0.1, 0.15) is 16.8 Å². The highest BCUT2D eigenvalue weighted by Gasteiger charge is 2.17. The lowest BCUT2D eigenvalue weighted by Gasteiger charge is -2.20. The number of amides is 1. The van der Waals surface area contributed by atoms with Gasteiger partial charge in [0.05, 0.1) is 24.1 Å². The Balaban J connectivity index is 2.16. The second-order valence-corrected chi connectivity index (χ2v) is 5.18. The van der Waals surface area contributed by atoms with Crippen LogP contribution in [-0.4, -0.2) is 57.1 Å². The molecule has 0 fully saturated rings. The van der Waals surface area contributed by atoms with E-state index in [1.54, 1.807) is 29.1 Å². The van der Waals surface area contributed by atoms with Crippen LogP contribution in [0.4, 0.5) is 0 Å². The van der Waals surface area contributed by atoms with Crippen LogP contribution in [-0.2, 0) is 0 Å². The molecule has 1 heterocycles. The molecule has 2 N–H and O–H groups in total. The maximum atomic E-state index is 12.4. The van der Waals surface area contributed by atoms with Gasteiger partial charge in [0.1, 0.15) is 0 Å². The molecule has 0 bridgehead atoms. The van der Waals surface area contributed by atoms with Crippen molar-refractivity contribution in [3.63, 3.8) is 0 Å². The lowest BCUT2D eigenvalue weighted by molar-refractivity contribution is 0.0710. The summed E-state index contributed by atoms with van der Waals surface area (Å²) in [4.78, 5) is 13.9. The molecule has 22 heavy (non-hydrogen) atoms. The maximum absolute atomic E-state index is 12.4. The van der Waals surface area contributed by atoms with Gasteiger partial charge in [0.2, 0.25) is 0 Å². The average Bonchev–Trinajstić information content (AvgIpc) is 3.00. The summed E-state index contributed by atoms with van der Waals surface area (Å²) in [5.74, 6) is -0.226. The fraction of sp³-hybridized carbons (Fsp3) is 0.333. The summed E-state index contributed by atoms with van der Waals surface area (Å²) in [7, 11) is 0. The number of aliphatic hydroxyl groups excluding tert-OH is 2. The first-order valence-corrected chi connectivity index (χ1v) is 7.35. The fourth-order valence-corrected chi connectivity index (χ4v) is 2.26. The van der Waals surface area contributed by atoms with E-state index >= 15 is 0 Å². The number of hydrogen-bond acceptors (Lipinski definition) is 4. The van der Waals surface area contributed by atoms with E-state index in [0.29, 0.717) is 23.6 Å². The number of nitrogens with zero attached hydrogens (tertiary/aromatic N) is 3. The van der Waals surface area contributed by atoms with E-state index in [4.69, 9.17) is 21.8 Å². The van der Waals surface area contributed by atoms with Crippen molar-refractivity contribution in [2.45, 2.75) is 6.42 Å². The quantitative estimate of drug-likeness (QED) is 0.806. The van der Waals surface area contributed by atoms with Gasteiger partial charge in [-0.3, -0.25) is 4.79 Å². The van der Waals surface area contributed by atoms with Crippen molar-refractivity contribution < 1.29 is 15.0 Å². The van der Waals surface area contributed by atoms with E-state index in [9.17, 15) is 4.79 Å². The second kappa shape index (κ2) is 7.93. The van der Waals surface area contributed by atoms with E-state index in [1.165, 1.54) is 11.1 Å². The Kier molecular flexibility index (Phi) is 5.94. The third-order valence-electron chi connectivity index (χ3n) is 3.15. The van der Waals surface area contributed by atoms with Crippen molar-refractivity contribution in [3.05, 3.63) is 47.2 Å². The van der Waals surface area contributed by atoms with Crippen LogP contribution in [0.5, 0.6) is 0 Å². The lowest BCUT2D eigenvalue weighted by atomic mass is 10.2. The molecule has 0 aliphatic carbocycles. The van der Waals surface area contributed by atoms with Crippen molar-refractivity contribution in [1.29, 1.82) is 0 Å². The standard InChI is InChI=1S/C15H18ClN3O3/c16-13-3-1-4-14(9-13)19-11-12(10-17-19)15(22)18(6-8-21)5-2-7-20/h1,3-4,9-11,20-21H,2,5-8H2. The Morgan fingerprint density at radius 2 is 2.09 bits per heavy atom. The van der Waals surface area contributed by atoms with Crippen LogP contribution in [0, 0.1) is 0 Å². The first-order chi connectivity index (χ1) is 10.7. The van der Waals surface area contributed by atoms with Crippen molar-refractivity contribution in [1.82, 2.24) is 14.7 Å². The number of carbonyl (C=O) groups is 1. The summed E-state index contributed by atoms with van der Waals surface area (Å²) in [6, 6.07) is 7.16. The van der Waals surface area contributed by atoms with E-state index in [0.717, 1.165) is 5.69 Å². The number of aromatic nitrogens is 2. The summed E-state index contributed by atoms with van der Waals surface area (Å²) in [5, 5.41) is 22.7. The molecule has 0 unspecified atom stereocenters. The molecule has 1 amide bonds. The topological polar surface area (TPSA) is 78.6 Å². The van der Waals surface area contributed by atoms with Crippen molar-refractivity contribution in [2.75, 3.05) is 26.3 Å². The molecular weight excluding hydrogens is 306 g/mol. The molecule has 6 nitrogen and oxygen atoms in total.